The molecule has 17 heavy (non-hydrogen) atoms. The van der Waals surface area contributed by atoms with Crippen LogP contribution in [0, 0.1) is 5.92 Å². The summed E-state index contributed by atoms with van der Waals surface area (Å²) in [4.78, 5) is 0. The average Bonchev–Trinajstić information content (AvgIpc) is 2.30. The van der Waals surface area contributed by atoms with Crippen LogP contribution in [0.3, 0.4) is 0 Å². The predicted octanol–water partition coefficient (Wildman–Crippen LogP) is 4.71. The molecule has 1 unspecified atom stereocenters. The standard InChI is InChI=1S/C15H33NS/c1-5-7-8-9-10-15(16-11-6-2)13-17-12-14(3)4/h14-16H,5-13H2,1-4H3. The summed E-state index contributed by atoms with van der Waals surface area (Å²) in [6.45, 7) is 10.3. The van der Waals surface area contributed by atoms with Crippen molar-refractivity contribution in [2.75, 3.05) is 18.1 Å². The normalized spacial score (nSPS) is 13.2. The Hall–Kier alpha value is 0.310. The van der Waals surface area contributed by atoms with Crippen molar-refractivity contribution in [3.05, 3.63) is 0 Å². The van der Waals surface area contributed by atoms with E-state index in [-0.39, 0.29) is 0 Å². The molecule has 0 radical (unpaired) electrons. The molecule has 0 aromatic carbocycles. The molecule has 0 saturated carbocycles. The van der Waals surface area contributed by atoms with E-state index in [1.165, 1.54) is 56.6 Å². The van der Waals surface area contributed by atoms with Crippen molar-refractivity contribution >= 4 is 11.8 Å². The lowest BCUT2D eigenvalue weighted by Crippen LogP contribution is -2.32. The van der Waals surface area contributed by atoms with Crippen LogP contribution in [0.1, 0.15) is 66.2 Å². The maximum absolute atomic E-state index is 3.70. The second kappa shape index (κ2) is 12.8. The van der Waals surface area contributed by atoms with Crippen LogP contribution >= 0.6 is 11.8 Å². The Kier molecular flexibility index (Phi) is 13.0. The molecule has 0 heterocycles. The minimum absolute atomic E-state index is 0.746. The zero-order chi connectivity index (χ0) is 12.9. The number of unbranched alkanes of at least 4 members (excludes halogenated alkanes) is 3. The largest absolute Gasteiger partial charge is 0.313 e. The van der Waals surface area contributed by atoms with Crippen LogP contribution in [-0.4, -0.2) is 24.1 Å². The van der Waals surface area contributed by atoms with Gasteiger partial charge in [-0.3, -0.25) is 0 Å². The quantitative estimate of drug-likeness (QED) is 0.509. The lowest BCUT2D eigenvalue weighted by atomic mass is 10.1. The van der Waals surface area contributed by atoms with Gasteiger partial charge in [0.05, 0.1) is 0 Å². The highest BCUT2D eigenvalue weighted by atomic mass is 32.2. The average molecular weight is 260 g/mol. The van der Waals surface area contributed by atoms with Crippen molar-refractivity contribution in [3.63, 3.8) is 0 Å². The van der Waals surface area contributed by atoms with Gasteiger partial charge < -0.3 is 5.32 Å². The number of hydrogen-bond donors (Lipinski definition) is 1. The van der Waals surface area contributed by atoms with E-state index in [0.29, 0.717) is 0 Å². The van der Waals surface area contributed by atoms with Gasteiger partial charge in [0.1, 0.15) is 0 Å². The van der Waals surface area contributed by atoms with Gasteiger partial charge in [-0.2, -0.15) is 11.8 Å². The van der Waals surface area contributed by atoms with E-state index in [1.54, 1.807) is 0 Å². The van der Waals surface area contributed by atoms with E-state index >= 15 is 0 Å². The molecule has 0 fully saturated rings. The van der Waals surface area contributed by atoms with Gasteiger partial charge in [0.2, 0.25) is 0 Å². The second-order valence-electron chi connectivity index (χ2n) is 5.43. The van der Waals surface area contributed by atoms with Crippen LogP contribution in [0.15, 0.2) is 0 Å². The molecule has 0 bridgehead atoms. The third kappa shape index (κ3) is 12.6. The van der Waals surface area contributed by atoms with Gasteiger partial charge in [-0.25, -0.2) is 0 Å². The molecule has 104 valence electrons. The monoisotopic (exact) mass is 259 g/mol. The fraction of sp³-hybridized carbons (Fsp3) is 1.00. The van der Waals surface area contributed by atoms with Crippen molar-refractivity contribution in [2.45, 2.75) is 72.3 Å². The molecule has 0 aromatic heterocycles. The van der Waals surface area contributed by atoms with E-state index in [2.05, 4.69) is 44.8 Å². The van der Waals surface area contributed by atoms with Crippen LogP contribution in [0.5, 0.6) is 0 Å². The highest BCUT2D eigenvalue weighted by molar-refractivity contribution is 7.99. The Labute approximate surface area is 114 Å². The molecule has 1 N–H and O–H groups in total. The highest BCUT2D eigenvalue weighted by Gasteiger charge is 2.07. The van der Waals surface area contributed by atoms with Gasteiger partial charge in [-0.1, -0.05) is 53.4 Å². The lowest BCUT2D eigenvalue weighted by molar-refractivity contribution is 0.488. The molecule has 0 rings (SSSR count). The van der Waals surface area contributed by atoms with E-state index < -0.39 is 0 Å². The van der Waals surface area contributed by atoms with Crippen LogP contribution in [-0.2, 0) is 0 Å². The Morgan fingerprint density at radius 2 is 1.71 bits per heavy atom. The minimum atomic E-state index is 0.746. The molecule has 0 spiro atoms. The first kappa shape index (κ1) is 17.3. The van der Waals surface area contributed by atoms with E-state index in [0.717, 1.165) is 12.0 Å². The third-order valence-corrected chi connectivity index (χ3v) is 4.40. The van der Waals surface area contributed by atoms with Gasteiger partial charge in [-0.05, 0) is 31.1 Å². The molecular weight excluding hydrogens is 226 g/mol. The first-order valence-electron chi connectivity index (χ1n) is 7.51. The minimum Gasteiger partial charge on any atom is -0.313 e. The third-order valence-electron chi connectivity index (χ3n) is 2.86. The summed E-state index contributed by atoms with van der Waals surface area (Å²) < 4.78 is 0. The molecule has 0 aliphatic carbocycles. The van der Waals surface area contributed by atoms with Gasteiger partial charge in [0, 0.05) is 11.8 Å². The summed E-state index contributed by atoms with van der Waals surface area (Å²) in [7, 11) is 0. The van der Waals surface area contributed by atoms with Crippen molar-refractivity contribution in [2.24, 2.45) is 5.92 Å². The molecule has 0 aliphatic heterocycles. The summed E-state index contributed by atoms with van der Waals surface area (Å²) in [6, 6.07) is 0.746. The Morgan fingerprint density at radius 1 is 0.941 bits per heavy atom. The summed E-state index contributed by atoms with van der Waals surface area (Å²) >= 11 is 2.12. The SMILES string of the molecule is CCCCCCC(CSCC(C)C)NCCC. The first-order valence-corrected chi connectivity index (χ1v) is 8.67. The van der Waals surface area contributed by atoms with E-state index in [1.807, 2.05) is 0 Å². The van der Waals surface area contributed by atoms with Gasteiger partial charge in [-0.15, -0.1) is 0 Å². The Morgan fingerprint density at radius 3 is 2.29 bits per heavy atom. The van der Waals surface area contributed by atoms with Crippen LogP contribution < -0.4 is 5.32 Å². The summed E-state index contributed by atoms with van der Waals surface area (Å²) in [6.07, 6.45) is 8.17. The van der Waals surface area contributed by atoms with Crippen molar-refractivity contribution in [1.29, 1.82) is 0 Å². The number of hydrogen-bond acceptors (Lipinski definition) is 2. The molecule has 2 heteroatoms. The molecule has 0 aliphatic rings. The maximum atomic E-state index is 3.70. The Balaban J connectivity index is 3.63. The predicted molar refractivity (Wildman–Crippen MR) is 83.0 cm³/mol. The molecule has 0 saturated heterocycles. The van der Waals surface area contributed by atoms with Gasteiger partial charge >= 0.3 is 0 Å². The Bertz CT molecular complexity index is 148. The molecular formula is C15H33NS. The smallest absolute Gasteiger partial charge is 0.0158 e. The highest BCUT2D eigenvalue weighted by Crippen LogP contribution is 2.13. The fourth-order valence-electron chi connectivity index (χ4n) is 1.86. The summed E-state index contributed by atoms with van der Waals surface area (Å²) in [5.41, 5.74) is 0. The fourth-order valence-corrected chi connectivity index (χ4v) is 3.03. The van der Waals surface area contributed by atoms with E-state index in [4.69, 9.17) is 0 Å². The zero-order valence-corrected chi connectivity index (χ0v) is 13.2. The van der Waals surface area contributed by atoms with Crippen LogP contribution in [0.2, 0.25) is 0 Å². The van der Waals surface area contributed by atoms with Crippen LogP contribution in [0.25, 0.3) is 0 Å². The number of nitrogens with one attached hydrogen (secondary N) is 1. The molecule has 1 nitrogen and oxygen atoms in total. The molecule has 0 aromatic rings. The van der Waals surface area contributed by atoms with Crippen molar-refractivity contribution in [1.82, 2.24) is 5.32 Å². The second-order valence-corrected chi connectivity index (χ2v) is 6.51. The topological polar surface area (TPSA) is 12.0 Å². The first-order chi connectivity index (χ1) is 8.20. The lowest BCUT2D eigenvalue weighted by Gasteiger charge is -2.18. The number of thioether (sulfide) groups is 1. The molecule has 1 atom stereocenters. The number of rotatable bonds is 12. The summed E-state index contributed by atoms with van der Waals surface area (Å²) in [5.74, 6) is 3.43. The summed E-state index contributed by atoms with van der Waals surface area (Å²) in [5, 5.41) is 3.70. The van der Waals surface area contributed by atoms with Crippen molar-refractivity contribution in [3.8, 4) is 0 Å². The van der Waals surface area contributed by atoms with Crippen LogP contribution in [0.4, 0.5) is 0 Å². The maximum Gasteiger partial charge on any atom is 0.0158 e. The van der Waals surface area contributed by atoms with Gasteiger partial charge in [0.25, 0.3) is 0 Å². The van der Waals surface area contributed by atoms with Gasteiger partial charge in [0.15, 0.2) is 0 Å². The zero-order valence-electron chi connectivity index (χ0n) is 12.4. The van der Waals surface area contributed by atoms with Crippen molar-refractivity contribution < 1.29 is 0 Å². The van der Waals surface area contributed by atoms with E-state index in [9.17, 15) is 0 Å². The molecule has 0 amide bonds.